The molecule has 0 fully saturated rings. The number of nitrogens with zero attached hydrogens (tertiary/aromatic N) is 3. The lowest BCUT2D eigenvalue weighted by Crippen LogP contribution is -1.90. The molecule has 0 aliphatic carbocycles. The second-order valence-electron chi connectivity index (χ2n) is 4.96. The lowest BCUT2D eigenvalue weighted by molar-refractivity contribution is 0.415. The molecule has 0 unspecified atom stereocenters. The van der Waals surface area contributed by atoms with E-state index in [1.807, 2.05) is 36.4 Å². The number of nitriles is 1. The zero-order chi connectivity index (χ0) is 17.6. The molecule has 1 N–H and O–H groups in total. The van der Waals surface area contributed by atoms with Crippen molar-refractivity contribution < 1.29 is 4.74 Å². The van der Waals surface area contributed by atoms with Gasteiger partial charge in [0.1, 0.15) is 22.4 Å². The van der Waals surface area contributed by atoms with Crippen LogP contribution in [0.5, 0.6) is 5.75 Å². The van der Waals surface area contributed by atoms with Crippen LogP contribution in [0.4, 0.5) is 5.13 Å². The average Bonchev–Trinajstić information content (AvgIpc) is 3.07. The molecule has 5 nitrogen and oxygen atoms in total. The molecule has 124 valence electrons. The number of thiazole rings is 1. The molecule has 3 rings (SSSR count). The van der Waals surface area contributed by atoms with E-state index in [1.165, 1.54) is 11.3 Å². The molecule has 0 amide bonds. The molecule has 0 aliphatic rings. The number of methoxy groups -OCH3 is 1. The Morgan fingerprint density at radius 2 is 1.92 bits per heavy atom. The number of halogens is 1. The van der Waals surface area contributed by atoms with Gasteiger partial charge in [0.05, 0.1) is 13.3 Å². The molecular weight excluding hydrogens is 356 g/mol. The van der Waals surface area contributed by atoms with E-state index in [0.717, 1.165) is 16.9 Å². The van der Waals surface area contributed by atoms with Gasteiger partial charge in [-0.2, -0.15) is 10.4 Å². The molecule has 3 aromatic rings. The van der Waals surface area contributed by atoms with Crippen LogP contribution >= 0.6 is 22.9 Å². The first-order valence-electron chi connectivity index (χ1n) is 7.29. The highest BCUT2D eigenvalue weighted by molar-refractivity contribution is 7.16. The van der Waals surface area contributed by atoms with Crippen molar-refractivity contribution >= 4 is 34.3 Å². The van der Waals surface area contributed by atoms with Crippen LogP contribution < -0.4 is 10.2 Å². The van der Waals surface area contributed by atoms with Crippen LogP contribution in [0.3, 0.4) is 0 Å². The van der Waals surface area contributed by atoms with E-state index in [2.05, 4.69) is 21.6 Å². The third kappa shape index (κ3) is 4.15. The van der Waals surface area contributed by atoms with Gasteiger partial charge in [0.15, 0.2) is 0 Å². The average molecular weight is 369 g/mol. The molecule has 0 aliphatic heterocycles. The third-order valence-electron chi connectivity index (χ3n) is 3.34. The normalized spacial score (nSPS) is 10.6. The maximum absolute atomic E-state index is 9.34. The highest BCUT2D eigenvalue weighted by atomic mass is 35.5. The van der Waals surface area contributed by atoms with Crippen molar-refractivity contribution in [2.75, 3.05) is 12.5 Å². The summed E-state index contributed by atoms with van der Waals surface area (Å²) in [6.07, 6.45) is 1.66. The van der Waals surface area contributed by atoms with Crippen molar-refractivity contribution in [1.82, 2.24) is 4.98 Å². The largest absolute Gasteiger partial charge is 0.497 e. The maximum Gasteiger partial charge on any atom is 0.205 e. The van der Waals surface area contributed by atoms with Crippen LogP contribution in [0.1, 0.15) is 10.4 Å². The summed E-state index contributed by atoms with van der Waals surface area (Å²) in [6, 6.07) is 16.9. The van der Waals surface area contributed by atoms with E-state index < -0.39 is 0 Å². The number of hydrazone groups is 1. The van der Waals surface area contributed by atoms with Crippen molar-refractivity contribution in [1.29, 1.82) is 5.26 Å². The predicted molar refractivity (Wildman–Crippen MR) is 101 cm³/mol. The zero-order valence-electron chi connectivity index (χ0n) is 13.2. The van der Waals surface area contributed by atoms with Crippen molar-refractivity contribution in [2.24, 2.45) is 5.10 Å². The van der Waals surface area contributed by atoms with Gasteiger partial charge < -0.3 is 4.74 Å². The first-order valence-corrected chi connectivity index (χ1v) is 8.49. The number of ether oxygens (including phenoxy) is 1. The van der Waals surface area contributed by atoms with Crippen molar-refractivity contribution in [3.8, 4) is 23.1 Å². The van der Waals surface area contributed by atoms with Crippen LogP contribution in [0.15, 0.2) is 53.6 Å². The number of benzene rings is 2. The first-order chi connectivity index (χ1) is 12.2. The van der Waals surface area contributed by atoms with E-state index >= 15 is 0 Å². The summed E-state index contributed by atoms with van der Waals surface area (Å²) in [5.41, 5.74) is 5.24. The third-order valence-corrected chi connectivity index (χ3v) is 4.45. The van der Waals surface area contributed by atoms with Crippen LogP contribution in [0.25, 0.3) is 11.3 Å². The highest BCUT2D eigenvalue weighted by Gasteiger charge is 2.12. The van der Waals surface area contributed by atoms with Crippen molar-refractivity contribution in [3.63, 3.8) is 0 Å². The van der Waals surface area contributed by atoms with Gasteiger partial charge in [-0.25, -0.2) is 4.98 Å². The molecule has 0 saturated carbocycles. The fourth-order valence-electron chi connectivity index (χ4n) is 2.10. The predicted octanol–water partition coefficient (Wildman–Crippen LogP) is 4.79. The summed E-state index contributed by atoms with van der Waals surface area (Å²) in [5, 5.41) is 14.7. The highest BCUT2D eigenvalue weighted by Crippen LogP contribution is 2.31. The second-order valence-corrected chi connectivity index (χ2v) is 6.39. The Balaban J connectivity index is 1.78. The van der Waals surface area contributed by atoms with E-state index in [0.29, 0.717) is 20.7 Å². The summed E-state index contributed by atoms with van der Waals surface area (Å²) >= 11 is 7.10. The minimum atomic E-state index is 0.523. The van der Waals surface area contributed by atoms with Crippen LogP contribution in [-0.2, 0) is 0 Å². The molecule has 1 heterocycles. The smallest absolute Gasteiger partial charge is 0.205 e. The van der Waals surface area contributed by atoms with Crippen LogP contribution in [0, 0.1) is 11.3 Å². The van der Waals surface area contributed by atoms with Crippen LogP contribution in [-0.4, -0.2) is 18.3 Å². The van der Waals surface area contributed by atoms with Gasteiger partial charge in [0.2, 0.25) is 5.13 Å². The molecule has 0 saturated heterocycles. The topological polar surface area (TPSA) is 70.3 Å². The fourth-order valence-corrected chi connectivity index (χ4v) is 2.96. The van der Waals surface area contributed by atoms with Gasteiger partial charge in [0.25, 0.3) is 0 Å². The lowest BCUT2D eigenvalue weighted by atomic mass is 10.1. The van der Waals surface area contributed by atoms with Gasteiger partial charge >= 0.3 is 0 Å². The van der Waals surface area contributed by atoms with Gasteiger partial charge in [-0.15, -0.1) is 0 Å². The summed E-state index contributed by atoms with van der Waals surface area (Å²) in [4.78, 5) is 4.98. The standard InChI is InChI=1S/C18H13ClN4OS/c1-24-15-8-4-13(5-9-15)17-16(10-20)25-18(22-17)23-21-11-12-2-6-14(19)7-3-12/h2-9,11H,1H3,(H,22,23)/b21-11+. The SMILES string of the molecule is COc1ccc(-c2nc(N/N=C/c3ccc(Cl)cc3)sc2C#N)cc1. The number of hydrogen-bond donors (Lipinski definition) is 1. The maximum atomic E-state index is 9.34. The van der Waals surface area contributed by atoms with Gasteiger partial charge in [-0.05, 0) is 42.0 Å². The molecule has 1 aromatic heterocycles. The Morgan fingerprint density at radius 1 is 1.20 bits per heavy atom. The minimum Gasteiger partial charge on any atom is -0.497 e. The van der Waals surface area contributed by atoms with E-state index in [4.69, 9.17) is 16.3 Å². The molecule has 0 atom stereocenters. The Hall–Kier alpha value is -2.88. The molecule has 7 heteroatoms. The summed E-state index contributed by atoms with van der Waals surface area (Å²) in [5.74, 6) is 0.753. The summed E-state index contributed by atoms with van der Waals surface area (Å²) in [6.45, 7) is 0. The monoisotopic (exact) mass is 368 g/mol. The van der Waals surface area contributed by atoms with E-state index in [9.17, 15) is 5.26 Å². The van der Waals surface area contributed by atoms with Gasteiger partial charge in [-0.1, -0.05) is 35.1 Å². The Morgan fingerprint density at radius 3 is 2.56 bits per heavy atom. The molecule has 0 spiro atoms. The molecule has 0 bridgehead atoms. The number of aromatic nitrogens is 1. The summed E-state index contributed by atoms with van der Waals surface area (Å²) < 4.78 is 5.15. The Kier molecular flexibility index (Phi) is 5.29. The summed E-state index contributed by atoms with van der Waals surface area (Å²) in [7, 11) is 1.61. The molecule has 2 aromatic carbocycles. The molecular formula is C18H13ClN4OS. The van der Waals surface area contributed by atoms with E-state index in [-0.39, 0.29) is 0 Å². The van der Waals surface area contributed by atoms with Crippen molar-refractivity contribution in [3.05, 3.63) is 64.0 Å². The lowest BCUT2D eigenvalue weighted by Gasteiger charge is -2.01. The minimum absolute atomic E-state index is 0.523. The fraction of sp³-hybridized carbons (Fsp3) is 0.0556. The van der Waals surface area contributed by atoms with Gasteiger partial charge in [0, 0.05) is 10.6 Å². The molecule has 0 radical (unpaired) electrons. The van der Waals surface area contributed by atoms with E-state index in [1.54, 1.807) is 25.5 Å². The Bertz CT molecular complexity index is 927. The van der Waals surface area contributed by atoms with Crippen LogP contribution in [0.2, 0.25) is 5.02 Å². The number of anilines is 1. The Labute approximate surface area is 154 Å². The number of nitrogens with one attached hydrogen (secondary N) is 1. The van der Waals surface area contributed by atoms with Crippen molar-refractivity contribution in [2.45, 2.75) is 0 Å². The zero-order valence-corrected chi connectivity index (χ0v) is 14.8. The second kappa shape index (κ2) is 7.79. The number of hydrogen-bond acceptors (Lipinski definition) is 6. The first kappa shape index (κ1) is 17.0. The number of rotatable bonds is 5. The quantitative estimate of drug-likeness (QED) is 0.519. The molecule has 25 heavy (non-hydrogen) atoms. The van der Waals surface area contributed by atoms with Gasteiger partial charge in [-0.3, -0.25) is 5.43 Å².